The number of rotatable bonds is 5. The van der Waals surface area contributed by atoms with E-state index in [1.54, 1.807) is 6.20 Å². The molecule has 0 bridgehead atoms. The van der Waals surface area contributed by atoms with Crippen molar-refractivity contribution in [3.63, 3.8) is 0 Å². The van der Waals surface area contributed by atoms with Crippen LogP contribution in [0.2, 0.25) is 0 Å². The van der Waals surface area contributed by atoms with Crippen molar-refractivity contribution >= 4 is 17.7 Å². The smallest absolute Gasteiger partial charge is 0.254 e. The van der Waals surface area contributed by atoms with Gasteiger partial charge in [0.2, 0.25) is 0 Å². The molecule has 0 aliphatic heterocycles. The summed E-state index contributed by atoms with van der Waals surface area (Å²) in [6, 6.07) is 0.372. The lowest BCUT2D eigenvalue weighted by atomic mass is 10.1. The van der Waals surface area contributed by atoms with Crippen molar-refractivity contribution in [1.82, 2.24) is 15.3 Å². The van der Waals surface area contributed by atoms with E-state index in [1.165, 1.54) is 11.8 Å². The molecule has 1 amide bonds. The second kappa shape index (κ2) is 5.49. The molecule has 1 fully saturated rings. The SMILES string of the molecule is CCCc1nc(SC)ncc1C(=O)NC1CC1. The van der Waals surface area contributed by atoms with E-state index in [2.05, 4.69) is 22.2 Å². The monoisotopic (exact) mass is 251 g/mol. The Hall–Kier alpha value is -1.10. The zero-order chi connectivity index (χ0) is 12.3. The van der Waals surface area contributed by atoms with Crippen LogP contribution in [0.3, 0.4) is 0 Å². The maximum absolute atomic E-state index is 12.0. The Morgan fingerprint density at radius 2 is 2.35 bits per heavy atom. The van der Waals surface area contributed by atoms with E-state index in [9.17, 15) is 4.79 Å². The molecule has 0 spiro atoms. The largest absolute Gasteiger partial charge is 0.349 e. The standard InChI is InChI=1S/C12H17N3OS/c1-3-4-10-9(7-13-12(15-10)17-2)11(16)14-8-5-6-8/h7-8H,3-6H2,1-2H3,(H,14,16). The highest BCUT2D eigenvalue weighted by molar-refractivity contribution is 7.98. The van der Waals surface area contributed by atoms with E-state index in [0.717, 1.165) is 36.5 Å². The summed E-state index contributed by atoms with van der Waals surface area (Å²) >= 11 is 1.50. The first-order valence-corrected chi connectivity index (χ1v) is 7.17. The Kier molecular flexibility index (Phi) is 3.99. The van der Waals surface area contributed by atoms with E-state index >= 15 is 0 Å². The number of aryl methyl sites for hydroxylation is 1. The lowest BCUT2D eigenvalue weighted by molar-refractivity contribution is 0.0949. The predicted octanol–water partition coefficient (Wildman–Crippen LogP) is 2.04. The van der Waals surface area contributed by atoms with Crippen LogP contribution in [0.1, 0.15) is 42.2 Å². The van der Waals surface area contributed by atoms with Gasteiger partial charge in [0.1, 0.15) is 0 Å². The van der Waals surface area contributed by atoms with Gasteiger partial charge in [-0.1, -0.05) is 25.1 Å². The Morgan fingerprint density at radius 1 is 1.59 bits per heavy atom. The van der Waals surface area contributed by atoms with E-state index in [1.807, 2.05) is 6.26 Å². The predicted molar refractivity (Wildman–Crippen MR) is 68.3 cm³/mol. The van der Waals surface area contributed by atoms with Crippen molar-refractivity contribution in [2.75, 3.05) is 6.26 Å². The first-order chi connectivity index (χ1) is 8.24. The summed E-state index contributed by atoms with van der Waals surface area (Å²) in [5, 5.41) is 3.71. The van der Waals surface area contributed by atoms with Crippen molar-refractivity contribution in [2.45, 2.75) is 43.8 Å². The molecule has 1 aromatic rings. The second-order valence-electron chi connectivity index (χ2n) is 4.21. The first-order valence-electron chi connectivity index (χ1n) is 5.95. The minimum absolute atomic E-state index is 0.0244. The summed E-state index contributed by atoms with van der Waals surface area (Å²) in [6.07, 6.45) is 7.59. The summed E-state index contributed by atoms with van der Waals surface area (Å²) in [5.74, 6) is -0.0244. The maximum atomic E-state index is 12.0. The van der Waals surface area contributed by atoms with E-state index < -0.39 is 0 Å². The molecule has 1 aliphatic rings. The molecule has 0 aromatic carbocycles. The molecule has 2 rings (SSSR count). The number of carbonyl (C=O) groups excluding carboxylic acids is 1. The number of hydrogen-bond donors (Lipinski definition) is 1. The van der Waals surface area contributed by atoms with Gasteiger partial charge in [-0.25, -0.2) is 9.97 Å². The van der Waals surface area contributed by atoms with Crippen LogP contribution in [-0.2, 0) is 6.42 Å². The Bertz CT molecular complexity index is 418. The van der Waals surface area contributed by atoms with Crippen LogP contribution in [0.4, 0.5) is 0 Å². The van der Waals surface area contributed by atoms with Crippen LogP contribution in [0.5, 0.6) is 0 Å². The van der Waals surface area contributed by atoms with Crippen molar-refractivity contribution < 1.29 is 4.79 Å². The van der Waals surface area contributed by atoms with Crippen LogP contribution < -0.4 is 5.32 Å². The molecule has 92 valence electrons. The number of carbonyl (C=O) groups is 1. The Morgan fingerprint density at radius 3 is 2.94 bits per heavy atom. The van der Waals surface area contributed by atoms with Gasteiger partial charge >= 0.3 is 0 Å². The molecule has 1 aliphatic carbocycles. The Balaban J connectivity index is 2.20. The maximum Gasteiger partial charge on any atom is 0.254 e. The lowest BCUT2D eigenvalue weighted by Crippen LogP contribution is -2.27. The van der Waals surface area contributed by atoms with Crippen LogP contribution in [0.25, 0.3) is 0 Å². The fraction of sp³-hybridized carbons (Fsp3) is 0.583. The van der Waals surface area contributed by atoms with E-state index in [4.69, 9.17) is 0 Å². The fourth-order valence-electron chi connectivity index (χ4n) is 1.61. The van der Waals surface area contributed by atoms with E-state index in [0.29, 0.717) is 11.6 Å². The quantitative estimate of drug-likeness (QED) is 0.643. The zero-order valence-electron chi connectivity index (χ0n) is 10.2. The van der Waals surface area contributed by atoms with Gasteiger partial charge in [0.25, 0.3) is 5.91 Å². The summed E-state index contributed by atoms with van der Waals surface area (Å²) < 4.78 is 0. The third-order valence-electron chi connectivity index (χ3n) is 2.67. The molecule has 0 unspecified atom stereocenters. The van der Waals surface area contributed by atoms with Crippen LogP contribution in [0, 0.1) is 0 Å². The number of amides is 1. The van der Waals surface area contributed by atoms with Crippen LogP contribution in [-0.4, -0.2) is 28.2 Å². The third-order valence-corrected chi connectivity index (χ3v) is 3.23. The summed E-state index contributed by atoms with van der Waals surface area (Å²) in [6.45, 7) is 2.09. The molecule has 0 saturated heterocycles. The first kappa shape index (κ1) is 12.4. The van der Waals surface area contributed by atoms with Gasteiger partial charge in [-0.2, -0.15) is 0 Å². The molecule has 0 radical (unpaired) electrons. The highest BCUT2D eigenvalue weighted by Crippen LogP contribution is 2.20. The average Bonchev–Trinajstić information content (AvgIpc) is 3.13. The summed E-state index contributed by atoms with van der Waals surface area (Å²) in [7, 11) is 0. The van der Waals surface area contributed by atoms with Gasteiger partial charge in [0.05, 0.1) is 11.3 Å². The normalized spacial score (nSPS) is 14.7. The molecule has 17 heavy (non-hydrogen) atoms. The molecule has 5 heteroatoms. The minimum atomic E-state index is -0.0244. The van der Waals surface area contributed by atoms with E-state index in [-0.39, 0.29) is 5.91 Å². The zero-order valence-corrected chi connectivity index (χ0v) is 11.0. The fourth-order valence-corrected chi connectivity index (χ4v) is 1.96. The second-order valence-corrected chi connectivity index (χ2v) is 4.99. The summed E-state index contributed by atoms with van der Waals surface area (Å²) in [4.78, 5) is 20.6. The number of nitrogens with one attached hydrogen (secondary N) is 1. The van der Waals surface area contributed by atoms with Crippen LogP contribution >= 0.6 is 11.8 Å². The van der Waals surface area contributed by atoms with Gasteiger partial charge in [-0.15, -0.1) is 0 Å². The van der Waals surface area contributed by atoms with Crippen molar-refractivity contribution in [3.05, 3.63) is 17.5 Å². The minimum Gasteiger partial charge on any atom is -0.349 e. The van der Waals surface area contributed by atoms with Crippen molar-refractivity contribution in [2.24, 2.45) is 0 Å². The number of aromatic nitrogens is 2. The molecule has 0 atom stereocenters. The molecule has 4 nitrogen and oxygen atoms in total. The number of thioether (sulfide) groups is 1. The summed E-state index contributed by atoms with van der Waals surface area (Å²) in [5.41, 5.74) is 1.50. The Labute approximate surface area is 106 Å². The molecular weight excluding hydrogens is 234 g/mol. The van der Waals surface area contributed by atoms with Gasteiger partial charge in [0.15, 0.2) is 5.16 Å². The molecule has 1 aromatic heterocycles. The van der Waals surface area contributed by atoms with Crippen molar-refractivity contribution in [1.29, 1.82) is 0 Å². The van der Waals surface area contributed by atoms with Gasteiger partial charge in [-0.05, 0) is 25.5 Å². The van der Waals surface area contributed by atoms with Gasteiger partial charge in [0, 0.05) is 12.2 Å². The lowest BCUT2D eigenvalue weighted by Gasteiger charge is -2.08. The molecule has 1 heterocycles. The molecule has 1 N–H and O–H groups in total. The average molecular weight is 251 g/mol. The number of hydrogen-bond acceptors (Lipinski definition) is 4. The highest BCUT2D eigenvalue weighted by Gasteiger charge is 2.25. The van der Waals surface area contributed by atoms with Crippen LogP contribution in [0.15, 0.2) is 11.4 Å². The topological polar surface area (TPSA) is 54.9 Å². The number of nitrogens with zero attached hydrogens (tertiary/aromatic N) is 2. The van der Waals surface area contributed by atoms with Gasteiger partial charge < -0.3 is 5.32 Å². The molecular formula is C12H17N3OS. The van der Waals surface area contributed by atoms with Crippen molar-refractivity contribution in [3.8, 4) is 0 Å². The van der Waals surface area contributed by atoms with Gasteiger partial charge in [-0.3, -0.25) is 4.79 Å². The third kappa shape index (κ3) is 3.19. The highest BCUT2D eigenvalue weighted by atomic mass is 32.2. The molecule has 1 saturated carbocycles.